The Morgan fingerprint density at radius 2 is 1.86 bits per heavy atom. The van der Waals surface area contributed by atoms with Crippen LogP contribution in [0.5, 0.6) is 0 Å². The second kappa shape index (κ2) is 6.84. The number of nitrogens with one attached hydrogen (secondary N) is 1. The Morgan fingerprint density at radius 1 is 1.10 bits per heavy atom. The summed E-state index contributed by atoms with van der Waals surface area (Å²) >= 11 is 3.40. The lowest BCUT2D eigenvalue weighted by Crippen LogP contribution is -2.51. The summed E-state index contributed by atoms with van der Waals surface area (Å²) in [6.45, 7) is 0.0914. The second-order valence-corrected chi connectivity index (χ2v) is 8.42. The molecule has 1 N–H and O–H groups in total. The highest BCUT2D eigenvalue weighted by atomic mass is 79.9. The molecule has 3 aromatic rings. The molecule has 2 heterocycles. The van der Waals surface area contributed by atoms with Gasteiger partial charge in [-0.3, -0.25) is 9.69 Å². The minimum absolute atomic E-state index is 0.0914. The van der Waals surface area contributed by atoms with Crippen LogP contribution in [0.25, 0.3) is 11.5 Å². The Morgan fingerprint density at radius 3 is 2.66 bits per heavy atom. The fourth-order valence-corrected chi connectivity index (χ4v) is 4.38. The molecule has 0 saturated carbocycles. The third-order valence-corrected chi connectivity index (χ3v) is 6.17. The molecule has 1 saturated heterocycles. The summed E-state index contributed by atoms with van der Waals surface area (Å²) in [6, 6.07) is 15.3. The summed E-state index contributed by atoms with van der Waals surface area (Å²) in [5.74, 6) is 0.269. The molecule has 146 valence electrons. The van der Waals surface area contributed by atoms with E-state index in [1.54, 1.807) is 0 Å². The molecular formula is C22H18BrN3O3. The third-order valence-electron chi connectivity index (χ3n) is 5.64. The number of hydrogen-bond donors (Lipinski definition) is 1. The molecule has 6 nitrogen and oxygen atoms in total. The van der Waals surface area contributed by atoms with Gasteiger partial charge < -0.3 is 9.73 Å². The molecule has 1 aromatic heterocycles. The molecule has 1 aliphatic carbocycles. The molecule has 0 radical (unpaired) electrons. The van der Waals surface area contributed by atoms with Gasteiger partial charge in [0.15, 0.2) is 0 Å². The van der Waals surface area contributed by atoms with Crippen molar-refractivity contribution in [2.75, 3.05) is 0 Å². The molecule has 5 rings (SSSR count). The highest BCUT2D eigenvalue weighted by molar-refractivity contribution is 9.10. The van der Waals surface area contributed by atoms with E-state index < -0.39 is 5.54 Å². The van der Waals surface area contributed by atoms with Crippen molar-refractivity contribution < 1.29 is 14.0 Å². The molecule has 1 spiro atoms. The van der Waals surface area contributed by atoms with Gasteiger partial charge in [-0.25, -0.2) is 9.78 Å². The summed E-state index contributed by atoms with van der Waals surface area (Å²) in [5, 5.41) is 2.95. The zero-order valence-corrected chi connectivity index (χ0v) is 17.1. The average Bonchev–Trinajstić information content (AvgIpc) is 3.28. The van der Waals surface area contributed by atoms with Crippen molar-refractivity contribution in [3.8, 4) is 11.5 Å². The van der Waals surface area contributed by atoms with E-state index >= 15 is 0 Å². The molecule has 2 aromatic carbocycles. The lowest BCUT2D eigenvalue weighted by atomic mass is 9.78. The number of amides is 3. The first-order valence-electron chi connectivity index (χ1n) is 9.45. The van der Waals surface area contributed by atoms with E-state index in [-0.39, 0.29) is 18.5 Å². The maximum atomic E-state index is 13.2. The predicted molar refractivity (Wildman–Crippen MR) is 110 cm³/mol. The minimum Gasteiger partial charge on any atom is -0.444 e. The number of carbonyl (C=O) groups excluding carboxylic acids is 2. The van der Waals surface area contributed by atoms with Gasteiger partial charge in [-0.1, -0.05) is 40.2 Å². The Labute approximate surface area is 176 Å². The van der Waals surface area contributed by atoms with Crippen molar-refractivity contribution in [3.05, 3.63) is 76.1 Å². The van der Waals surface area contributed by atoms with E-state index in [0.29, 0.717) is 24.4 Å². The number of aromatic nitrogens is 1. The molecule has 7 heteroatoms. The average molecular weight is 452 g/mol. The van der Waals surface area contributed by atoms with Crippen molar-refractivity contribution in [2.45, 2.75) is 31.3 Å². The van der Waals surface area contributed by atoms with Crippen LogP contribution in [-0.4, -0.2) is 27.4 Å². The van der Waals surface area contributed by atoms with Crippen LogP contribution in [0.15, 0.2) is 63.7 Å². The van der Waals surface area contributed by atoms with Gasteiger partial charge in [-0.2, -0.15) is 0 Å². The van der Waals surface area contributed by atoms with Crippen LogP contribution in [0, 0.1) is 0 Å². The molecule has 3 amide bonds. The SMILES string of the molecule is O=C1NC2(CCc3ccccc3C2)C(=O)N1Cc1coc(-c2ccc(Br)cc2)n1. The van der Waals surface area contributed by atoms with Gasteiger partial charge >= 0.3 is 6.03 Å². The lowest BCUT2D eigenvalue weighted by molar-refractivity contribution is -0.132. The number of hydrogen-bond acceptors (Lipinski definition) is 4. The van der Waals surface area contributed by atoms with Crippen LogP contribution in [0.3, 0.4) is 0 Å². The van der Waals surface area contributed by atoms with Gasteiger partial charge in [0, 0.05) is 16.5 Å². The van der Waals surface area contributed by atoms with Crippen LogP contribution in [0.2, 0.25) is 0 Å². The van der Waals surface area contributed by atoms with Crippen LogP contribution >= 0.6 is 15.9 Å². The number of fused-ring (bicyclic) bond motifs is 1. The number of oxazole rings is 1. The van der Waals surface area contributed by atoms with Gasteiger partial charge in [0.1, 0.15) is 11.8 Å². The summed E-state index contributed by atoms with van der Waals surface area (Å²) in [4.78, 5) is 31.5. The number of nitrogens with zero attached hydrogens (tertiary/aromatic N) is 2. The Kier molecular flexibility index (Phi) is 4.28. The fraction of sp³-hybridized carbons (Fsp3) is 0.227. The predicted octanol–water partition coefficient (Wildman–Crippen LogP) is 4.08. The summed E-state index contributed by atoms with van der Waals surface area (Å²) in [7, 11) is 0. The molecule has 1 atom stereocenters. The van der Waals surface area contributed by atoms with E-state index in [2.05, 4.69) is 32.3 Å². The monoisotopic (exact) mass is 451 g/mol. The first-order chi connectivity index (χ1) is 14.0. The molecule has 1 fully saturated rings. The van der Waals surface area contributed by atoms with Crippen LogP contribution in [0.4, 0.5) is 4.79 Å². The van der Waals surface area contributed by atoms with Crippen LogP contribution in [-0.2, 0) is 24.2 Å². The topological polar surface area (TPSA) is 75.4 Å². The molecule has 29 heavy (non-hydrogen) atoms. The molecule has 2 aliphatic rings. The van der Waals surface area contributed by atoms with Crippen molar-refractivity contribution in [2.24, 2.45) is 0 Å². The summed E-state index contributed by atoms with van der Waals surface area (Å²) in [6.07, 6.45) is 3.40. The Bertz CT molecular complexity index is 1110. The largest absolute Gasteiger partial charge is 0.444 e. The van der Waals surface area contributed by atoms with Crippen molar-refractivity contribution in [1.82, 2.24) is 15.2 Å². The number of benzene rings is 2. The third kappa shape index (κ3) is 3.15. The van der Waals surface area contributed by atoms with Gasteiger partial charge in [0.2, 0.25) is 5.89 Å². The summed E-state index contributed by atoms with van der Waals surface area (Å²) in [5.41, 5.74) is 2.88. The molecule has 1 unspecified atom stereocenters. The highest BCUT2D eigenvalue weighted by Gasteiger charge is 2.52. The first-order valence-corrected chi connectivity index (χ1v) is 10.2. The van der Waals surface area contributed by atoms with E-state index in [1.165, 1.54) is 16.7 Å². The standard InChI is InChI=1S/C22H18BrN3O3/c23-17-7-5-15(6-8-17)19-24-18(13-29-19)12-26-20(27)22(25-21(26)28)10-9-14-3-1-2-4-16(14)11-22/h1-8,13H,9-12H2,(H,25,28). The molecule has 0 bridgehead atoms. The number of urea groups is 1. The second-order valence-electron chi connectivity index (χ2n) is 7.50. The quantitative estimate of drug-likeness (QED) is 0.608. The molecule has 1 aliphatic heterocycles. The first kappa shape index (κ1) is 18.1. The normalized spacial score (nSPS) is 20.8. The van der Waals surface area contributed by atoms with Crippen molar-refractivity contribution >= 4 is 27.9 Å². The van der Waals surface area contributed by atoms with Crippen molar-refractivity contribution in [3.63, 3.8) is 0 Å². The smallest absolute Gasteiger partial charge is 0.325 e. The van der Waals surface area contributed by atoms with Gasteiger partial charge in [0.05, 0.1) is 12.2 Å². The Balaban J connectivity index is 1.36. The maximum absolute atomic E-state index is 13.2. The summed E-state index contributed by atoms with van der Waals surface area (Å²) < 4.78 is 6.52. The van der Waals surface area contributed by atoms with Crippen molar-refractivity contribution in [1.29, 1.82) is 0 Å². The number of rotatable bonds is 3. The zero-order chi connectivity index (χ0) is 20.0. The van der Waals surface area contributed by atoms with E-state index in [0.717, 1.165) is 22.0 Å². The highest BCUT2D eigenvalue weighted by Crippen LogP contribution is 2.34. The van der Waals surface area contributed by atoms with Gasteiger partial charge in [-0.05, 0) is 48.2 Å². The van der Waals surface area contributed by atoms with E-state index in [1.807, 2.05) is 42.5 Å². The lowest BCUT2D eigenvalue weighted by Gasteiger charge is -2.32. The van der Waals surface area contributed by atoms with Gasteiger partial charge in [-0.15, -0.1) is 0 Å². The molecular weight excluding hydrogens is 434 g/mol. The zero-order valence-electron chi connectivity index (χ0n) is 15.5. The van der Waals surface area contributed by atoms with Crippen LogP contribution in [0.1, 0.15) is 23.2 Å². The van der Waals surface area contributed by atoms with E-state index in [9.17, 15) is 9.59 Å². The fourth-order valence-electron chi connectivity index (χ4n) is 4.11. The maximum Gasteiger partial charge on any atom is 0.325 e. The number of aryl methyl sites for hydroxylation is 1. The Hall–Kier alpha value is -2.93. The number of imide groups is 1. The van der Waals surface area contributed by atoms with E-state index in [4.69, 9.17) is 4.42 Å². The minimum atomic E-state index is -0.857. The number of halogens is 1. The number of carbonyl (C=O) groups is 2. The van der Waals surface area contributed by atoms with Gasteiger partial charge in [0.25, 0.3) is 5.91 Å². The van der Waals surface area contributed by atoms with Crippen LogP contribution < -0.4 is 5.32 Å².